The van der Waals surface area contributed by atoms with Gasteiger partial charge < -0.3 is 15.8 Å². The highest BCUT2D eigenvalue weighted by molar-refractivity contribution is 5.54. The fourth-order valence-corrected chi connectivity index (χ4v) is 3.25. The lowest BCUT2D eigenvalue weighted by atomic mass is 9.85. The molecule has 2 rings (SSSR count). The molecule has 0 spiro atoms. The van der Waals surface area contributed by atoms with Gasteiger partial charge in [-0.1, -0.05) is 25.8 Å². The summed E-state index contributed by atoms with van der Waals surface area (Å²) >= 11 is 0. The van der Waals surface area contributed by atoms with Crippen LogP contribution < -0.4 is 15.8 Å². The summed E-state index contributed by atoms with van der Waals surface area (Å²) in [6.45, 7) is 4.64. The average molecular weight is 276 g/mol. The largest absolute Gasteiger partial charge is 0.495 e. The molecule has 0 radical (unpaired) electrons. The molecule has 0 aromatic heterocycles. The molecule has 0 amide bonds. The van der Waals surface area contributed by atoms with Crippen molar-refractivity contribution in [1.29, 1.82) is 0 Å². The van der Waals surface area contributed by atoms with Crippen molar-refractivity contribution in [1.82, 2.24) is 5.32 Å². The van der Waals surface area contributed by atoms with Crippen LogP contribution in [0, 0.1) is 5.92 Å². The maximum absolute atomic E-state index is 5.97. The number of rotatable bonds is 5. The van der Waals surface area contributed by atoms with Gasteiger partial charge >= 0.3 is 0 Å². The van der Waals surface area contributed by atoms with Crippen molar-refractivity contribution >= 4 is 5.69 Å². The number of nitrogens with two attached hydrogens (primary N) is 1. The molecule has 1 aliphatic carbocycles. The predicted octanol–water partition coefficient (Wildman–Crippen LogP) is 3.38. The van der Waals surface area contributed by atoms with Gasteiger partial charge in [-0.25, -0.2) is 0 Å². The van der Waals surface area contributed by atoms with Crippen LogP contribution in [0.3, 0.4) is 0 Å². The van der Waals surface area contributed by atoms with E-state index < -0.39 is 0 Å². The molecule has 0 saturated heterocycles. The maximum atomic E-state index is 5.97. The van der Waals surface area contributed by atoms with E-state index >= 15 is 0 Å². The molecule has 112 valence electrons. The van der Waals surface area contributed by atoms with Crippen LogP contribution in [0.2, 0.25) is 0 Å². The van der Waals surface area contributed by atoms with E-state index in [1.807, 2.05) is 12.1 Å². The Kier molecular flexibility index (Phi) is 5.30. The molecule has 1 saturated carbocycles. The Hall–Kier alpha value is -1.22. The number of anilines is 1. The van der Waals surface area contributed by atoms with Crippen LogP contribution in [0.1, 0.15) is 45.1 Å². The van der Waals surface area contributed by atoms with Crippen molar-refractivity contribution in [3.05, 3.63) is 23.8 Å². The molecule has 1 aliphatic rings. The maximum Gasteiger partial charge on any atom is 0.141 e. The van der Waals surface area contributed by atoms with Gasteiger partial charge in [0.1, 0.15) is 5.75 Å². The van der Waals surface area contributed by atoms with E-state index in [-0.39, 0.29) is 0 Å². The van der Waals surface area contributed by atoms with Crippen LogP contribution in [0.15, 0.2) is 18.2 Å². The lowest BCUT2D eigenvalue weighted by Gasteiger charge is -2.32. The smallest absolute Gasteiger partial charge is 0.141 e. The molecule has 20 heavy (non-hydrogen) atoms. The highest BCUT2D eigenvalue weighted by Crippen LogP contribution is 2.25. The zero-order valence-corrected chi connectivity index (χ0v) is 13.0. The topological polar surface area (TPSA) is 47.3 Å². The monoisotopic (exact) mass is 276 g/mol. The Morgan fingerprint density at radius 3 is 2.75 bits per heavy atom. The van der Waals surface area contributed by atoms with E-state index in [0.717, 1.165) is 23.8 Å². The van der Waals surface area contributed by atoms with Crippen LogP contribution in [-0.4, -0.2) is 19.2 Å². The molecule has 3 heteroatoms. The third-order valence-electron chi connectivity index (χ3n) is 4.45. The first-order valence-electron chi connectivity index (χ1n) is 7.78. The summed E-state index contributed by atoms with van der Waals surface area (Å²) in [4.78, 5) is 0. The zero-order valence-electron chi connectivity index (χ0n) is 13.0. The first-order valence-corrected chi connectivity index (χ1v) is 7.78. The SMILES string of the molecule is COc1ccc(CC(C)NC2CCCCC2C)cc1N. The number of nitrogen functional groups attached to an aromatic ring is 1. The highest BCUT2D eigenvalue weighted by Gasteiger charge is 2.22. The van der Waals surface area contributed by atoms with Crippen LogP contribution in [-0.2, 0) is 6.42 Å². The molecule has 1 fully saturated rings. The molecular weight excluding hydrogens is 248 g/mol. The Labute approximate surface area is 122 Å². The number of benzene rings is 1. The van der Waals surface area contributed by atoms with Crippen LogP contribution in [0.5, 0.6) is 5.75 Å². The minimum atomic E-state index is 0.480. The number of hydrogen-bond acceptors (Lipinski definition) is 3. The van der Waals surface area contributed by atoms with Gasteiger partial charge in [-0.3, -0.25) is 0 Å². The van der Waals surface area contributed by atoms with E-state index in [4.69, 9.17) is 10.5 Å². The Balaban J connectivity index is 1.90. The molecule has 3 unspecified atom stereocenters. The quantitative estimate of drug-likeness (QED) is 0.811. The van der Waals surface area contributed by atoms with E-state index in [1.54, 1.807) is 7.11 Å². The highest BCUT2D eigenvalue weighted by atomic mass is 16.5. The molecular formula is C17H28N2O. The minimum Gasteiger partial charge on any atom is -0.495 e. The molecule has 3 nitrogen and oxygen atoms in total. The van der Waals surface area contributed by atoms with Gasteiger partial charge in [-0.05, 0) is 49.8 Å². The fourth-order valence-electron chi connectivity index (χ4n) is 3.25. The van der Waals surface area contributed by atoms with Gasteiger partial charge in [-0.15, -0.1) is 0 Å². The van der Waals surface area contributed by atoms with Gasteiger partial charge in [0.25, 0.3) is 0 Å². The summed E-state index contributed by atoms with van der Waals surface area (Å²) in [6, 6.07) is 7.25. The molecule has 3 atom stereocenters. The first-order chi connectivity index (χ1) is 9.60. The van der Waals surface area contributed by atoms with Crippen molar-refractivity contribution in [3.8, 4) is 5.75 Å². The van der Waals surface area contributed by atoms with Crippen LogP contribution >= 0.6 is 0 Å². The van der Waals surface area contributed by atoms with Gasteiger partial charge in [-0.2, -0.15) is 0 Å². The molecule has 3 N–H and O–H groups in total. The molecule has 1 aromatic rings. The third kappa shape index (κ3) is 3.89. The molecule has 1 aromatic carbocycles. The van der Waals surface area contributed by atoms with E-state index in [0.29, 0.717) is 12.1 Å². The van der Waals surface area contributed by atoms with Gasteiger partial charge in [0.05, 0.1) is 12.8 Å². The summed E-state index contributed by atoms with van der Waals surface area (Å²) in [5, 5.41) is 3.79. The number of ether oxygens (including phenoxy) is 1. The van der Waals surface area contributed by atoms with E-state index in [9.17, 15) is 0 Å². The normalized spacial score (nSPS) is 24.4. The lowest BCUT2D eigenvalue weighted by molar-refractivity contribution is 0.262. The summed E-state index contributed by atoms with van der Waals surface area (Å²) in [5.74, 6) is 1.56. The van der Waals surface area contributed by atoms with Gasteiger partial charge in [0.15, 0.2) is 0 Å². The summed E-state index contributed by atoms with van der Waals surface area (Å²) in [7, 11) is 1.65. The number of methoxy groups -OCH3 is 1. The molecule has 0 bridgehead atoms. The number of nitrogens with one attached hydrogen (secondary N) is 1. The second-order valence-corrected chi connectivity index (χ2v) is 6.22. The number of hydrogen-bond donors (Lipinski definition) is 2. The van der Waals surface area contributed by atoms with Crippen molar-refractivity contribution in [2.45, 2.75) is 58.0 Å². The first kappa shape index (κ1) is 15.2. The van der Waals surface area contributed by atoms with Gasteiger partial charge in [0, 0.05) is 12.1 Å². The average Bonchev–Trinajstić information content (AvgIpc) is 2.41. The van der Waals surface area contributed by atoms with E-state index in [1.165, 1.54) is 31.2 Å². The predicted molar refractivity (Wildman–Crippen MR) is 85.1 cm³/mol. The van der Waals surface area contributed by atoms with Crippen molar-refractivity contribution in [2.75, 3.05) is 12.8 Å². The summed E-state index contributed by atoms with van der Waals surface area (Å²) < 4.78 is 5.20. The fraction of sp³-hybridized carbons (Fsp3) is 0.647. The zero-order chi connectivity index (χ0) is 14.5. The summed E-state index contributed by atoms with van der Waals surface area (Å²) in [6.07, 6.45) is 6.44. The Bertz CT molecular complexity index is 433. The summed E-state index contributed by atoms with van der Waals surface area (Å²) in [5.41, 5.74) is 7.96. The molecule has 0 heterocycles. The molecule has 0 aliphatic heterocycles. The van der Waals surface area contributed by atoms with Crippen LogP contribution in [0.4, 0.5) is 5.69 Å². The second kappa shape index (κ2) is 6.98. The van der Waals surface area contributed by atoms with Crippen LogP contribution in [0.25, 0.3) is 0 Å². The van der Waals surface area contributed by atoms with Gasteiger partial charge in [0.2, 0.25) is 0 Å². The van der Waals surface area contributed by atoms with Crippen molar-refractivity contribution in [2.24, 2.45) is 5.92 Å². The van der Waals surface area contributed by atoms with E-state index in [2.05, 4.69) is 25.2 Å². The second-order valence-electron chi connectivity index (χ2n) is 6.22. The lowest BCUT2D eigenvalue weighted by Crippen LogP contribution is -2.43. The standard InChI is InChI=1S/C17H28N2O/c1-12-6-4-5-7-16(12)19-13(2)10-14-8-9-17(20-3)15(18)11-14/h8-9,11-13,16,19H,4-7,10,18H2,1-3H3. The van der Waals surface area contributed by atoms with Crippen molar-refractivity contribution < 1.29 is 4.74 Å². The van der Waals surface area contributed by atoms with Crippen molar-refractivity contribution in [3.63, 3.8) is 0 Å². The minimum absolute atomic E-state index is 0.480. The third-order valence-corrected chi connectivity index (χ3v) is 4.45. The Morgan fingerprint density at radius 2 is 2.10 bits per heavy atom. The Morgan fingerprint density at radius 1 is 1.35 bits per heavy atom.